The quantitative estimate of drug-likeness (QED) is 0.256. The highest BCUT2D eigenvalue weighted by molar-refractivity contribution is 7.85. The van der Waals surface area contributed by atoms with Crippen molar-refractivity contribution < 1.29 is 41.9 Å². The van der Waals surface area contributed by atoms with Gasteiger partial charge in [-0.25, -0.2) is 4.79 Å². The second kappa shape index (κ2) is 11.2. The molecule has 0 spiro atoms. The maximum atomic E-state index is 12.1. The molecule has 1 rings (SSSR count). The minimum Gasteiger partial charge on any atom is -0.481 e. The van der Waals surface area contributed by atoms with E-state index < -0.39 is 45.4 Å². The fraction of sp³-hybridized carbons (Fsp3) is 0.824. The molecule has 10 nitrogen and oxygen atoms in total. The summed E-state index contributed by atoms with van der Waals surface area (Å²) in [5.74, 6) is -1.93. The van der Waals surface area contributed by atoms with Crippen molar-refractivity contribution in [3.63, 3.8) is 0 Å². The molecule has 28 heavy (non-hydrogen) atoms. The predicted octanol–water partition coefficient (Wildman–Crippen LogP) is 1.74. The van der Waals surface area contributed by atoms with E-state index in [0.29, 0.717) is 12.8 Å². The summed E-state index contributed by atoms with van der Waals surface area (Å²) in [5.41, 5.74) is -0.574. The van der Waals surface area contributed by atoms with Crippen LogP contribution in [0.1, 0.15) is 58.3 Å². The summed E-state index contributed by atoms with van der Waals surface area (Å²) in [5, 5.41) is 11.5. The molecular weight excluding hydrogens is 394 g/mol. The highest BCUT2D eigenvalue weighted by Crippen LogP contribution is 2.42. The lowest BCUT2D eigenvalue weighted by molar-refractivity contribution is -0.151. The Morgan fingerprint density at radius 1 is 1.14 bits per heavy atom. The second-order valence-electron chi connectivity index (χ2n) is 7.27. The first kappa shape index (κ1) is 24.2. The molecule has 1 saturated carbocycles. The number of carboxylic acids is 1. The van der Waals surface area contributed by atoms with E-state index in [1.54, 1.807) is 0 Å². The van der Waals surface area contributed by atoms with Crippen LogP contribution in [0, 0.1) is 5.41 Å². The number of hydrogen-bond donors (Lipinski definition) is 3. The lowest BCUT2D eigenvalue weighted by Gasteiger charge is -2.35. The SMILES string of the molecule is CC(COC(=O)CC1(CC(=O)O)CCCCC1)OC(=O)NCCCS(=O)(=O)O. The van der Waals surface area contributed by atoms with Gasteiger partial charge in [0.1, 0.15) is 12.7 Å². The molecule has 1 aliphatic carbocycles. The molecule has 1 aliphatic rings. The van der Waals surface area contributed by atoms with E-state index >= 15 is 0 Å². The Bertz CT molecular complexity index is 641. The van der Waals surface area contributed by atoms with Gasteiger partial charge in [0.15, 0.2) is 0 Å². The summed E-state index contributed by atoms with van der Waals surface area (Å²) in [6.45, 7) is 1.36. The smallest absolute Gasteiger partial charge is 0.407 e. The Morgan fingerprint density at radius 2 is 1.79 bits per heavy atom. The number of rotatable bonds is 11. The molecule has 1 unspecified atom stereocenters. The van der Waals surface area contributed by atoms with Gasteiger partial charge in [-0.2, -0.15) is 8.42 Å². The molecule has 0 aromatic rings. The van der Waals surface area contributed by atoms with E-state index in [-0.39, 0.29) is 32.4 Å². The van der Waals surface area contributed by atoms with Crippen molar-refractivity contribution in [2.45, 2.75) is 64.4 Å². The number of carbonyl (C=O) groups excluding carboxylic acids is 2. The van der Waals surface area contributed by atoms with Crippen LogP contribution in [-0.4, -0.2) is 61.1 Å². The number of amides is 1. The number of nitrogens with one attached hydrogen (secondary N) is 1. The molecule has 0 bridgehead atoms. The zero-order chi connectivity index (χ0) is 21.2. The molecular formula is C17H29NO9S. The number of aliphatic carboxylic acids is 1. The maximum absolute atomic E-state index is 12.1. The van der Waals surface area contributed by atoms with Crippen LogP contribution in [0.4, 0.5) is 4.79 Å². The van der Waals surface area contributed by atoms with Crippen LogP contribution in [0.15, 0.2) is 0 Å². The molecule has 1 atom stereocenters. The second-order valence-corrected chi connectivity index (χ2v) is 8.85. The summed E-state index contributed by atoms with van der Waals surface area (Å²) < 4.78 is 39.8. The first-order valence-electron chi connectivity index (χ1n) is 9.28. The molecule has 0 aliphatic heterocycles. The summed E-state index contributed by atoms with van der Waals surface area (Å²) in [7, 11) is -4.07. The minimum atomic E-state index is -4.07. The monoisotopic (exact) mass is 423 g/mol. The van der Waals surface area contributed by atoms with E-state index in [2.05, 4.69) is 5.32 Å². The molecule has 0 radical (unpaired) electrons. The number of alkyl carbamates (subject to hydrolysis) is 1. The van der Waals surface area contributed by atoms with Crippen LogP contribution in [0.25, 0.3) is 0 Å². The Labute approximate surface area is 164 Å². The zero-order valence-corrected chi connectivity index (χ0v) is 16.8. The van der Waals surface area contributed by atoms with Gasteiger partial charge in [-0.15, -0.1) is 0 Å². The summed E-state index contributed by atoms with van der Waals surface area (Å²) in [6.07, 6.45) is 2.60. The first-order valence-corrected chi connectivity index (χ1v) is 10.9. The van der Waals surface area contributed by atoms with Crippen LogP contribution < -0.4 is 5.32 Å². The number of carbonyl (C=O) groups is 3. The Kier molecular flexibility index (Phi) is 9.66. The van der Waals surface area contributed by atoms with E-state index in [9.17, 15) is 22.8 Å². The third kappa shape index (κ3) is 10.5. The number of hydrogen-bond acceptors (Lipinski definition) is 7. The van der Waals surface area contributed by atoms with Crippen LogP contribution in [-0.2, 0) is 29.2 Å². The molecule has 0 aromatic carbocycles. The Balaban J connectivity index is 2.32. The molecule has 0 aromatic heterocycles. The molecule has 1 amide bonds. The van der Waals surface area contributed by atoms with Crippen LogP contribution >= 0.6 is 0 Å². The zero-order valence-electron chi connectivity index (χ0n) is 16.0. The molecule has 0 saturated heterocycles. The molecule has 1 fully saturated rings. The predicted molar refractivity (Wildman–Crippen MR) is 98.3 cm³/mol. The highest BCUT2D eigenvalue weighted by Gasteiger charge is 2.37. The molecule has 3 N–H and O–H groups in total. The average molecular weight is 423 g/mol. The molecule has 11 heteroatoms. The van der Waals surface area contributed by atoms with E-state index in [1.165, 1.54) is 6.92 Å². The standard InChI is InChI=1S/C17H29NO9S/c1-13(27-16(22)18-8-5-9-28(23,24)25)12-26-15(21)11-17(10-14(19)20)6-3-2-4-7-17/h13H,2-12H2,1H3,(H,18,22)(H,19,20)(H,23,24,25). The van der Waals surface area contributed by atoms with Crippen molar-refractivity contribution in [3.8, 4) is 0 Å². The minimum absolute atomic E-state index is 0.00282. The third-order valence-corrected chi connectivity index (χ3v) is 5.40. The van der Waals surface area contributed by atoms with Gasteiger partial charge in [-0.05, 0) is 31.6 Å². The fourth-order valence-corrected chi connectivity index (χ4v) is 3.82. The number of ether oxygens (including phenoxy) is 2. The Hall–Kier alpha value is -1.88. The van der Waals surface area contributed by atoms with E-state index in [0.717, 1.165) is 19.3 Å². The lowest BCUT2D eigenvalue weighted by Crippen LogP contribution is -2.33. The molecule has 0 heterocycles. The third-order valence-electron chi connectivity index (χ3n) is 4.60. The van der Waals surface area contributed by atoms with Gasteiger partial charge in [0, 0.05) is 6.54 Å². The lowest BCUT2D eigenvalue weighted by atomic mass is 9.70. The van der Waals surface area contributed by atoms with Crippen molar-refractivity contribution in [3.05, 3.63) is 0 Å². The van der Waals surface area contributed by atoms with Crippen molar-refractivity contribution in [2.75, 3.05) is 18.9 Å². The first-order chi connectivity index (χ1) is 13.0. The Morgan fingerprint density at radius 3 is 2.36 bits per heavy atom. The maximum Gasteiger partial charge on any atom is 0.407 e. The number of esters is 1. The van der Waals surface area contributed by atoms with E-state index in [4.69, 9.17) is 19.1 Å². The van der Waals surface area contributed by atoms with Crippen molar-refractivity contribution in [2.24, 2.45) is 5.41 Å². The van der Waals surface area contributed by atoms with E-state index in [1.807, 2.05) is 0 Å². The van der Waals surface area contributed by atoms with Crippen LogP contribution in [0.3, 0.4) is 0 Å². The molecule has 162 valence electrons. The largest absolute Gasteiger partial charge is 0.481 e. The van der Waals surface area contributed by atoms with Gasteiger partial charge < -0.3 is 19.9 Å². The van der Waals surface area contributed by atoms with Crippen molar-refractivity contribution in [1.29, 1.82) is 0 Å². The highest BCUT2D eigenvalue weighted by atomic mass is 32.2. The van der Waals surface area contributed by atoms with Gasteiger partial charge >= 0.3 is 18.0 Å². The normalized spacial score (nSPS) is 17.4. The van der Waals surface area contributed by atoms with Crippen LogP contribution in [0.2, 0.25) is 0 Å². The summed E-state index contributed by atoms with van der Waals surface area (Å²) >= 11 is 0. The van der Waals surface area contributed by atoms with Crippen molar-refractivity contribution >= 4 is 28.1 Å². The van der Waals surface area contributed by atoms with Gasteiger partial charge in [0.2, 0.25) is 0 Å². The van der Waals surface area contributed by atoms with Gasteiger partial charge in [-0.1, -0.05) is 19.3 Å². The van der Waals surface area contributed by atoms with Crippen LogP contribution in [0.5, 0.6) is 0 Å². The summed E-state index contributed by atoms with van der Waals surface area (Å²) in [4.78, 5) is 34.8. The average Bonchev–Trinajstić information content (AvgIpc) is 2.56. The number of carboxylic acid groups (broad SMARTS) is 1. The summed E-state index contributed by atoms with van der Waals surface area (Å²) in [6, 6.07) is 0. The topological polar surface area (TPSA) is 156 Å². The fourth-order valence-electron chi connectivity index (χ4n) is 3.31. The van der Waals surface area contributed by atoms with Gasteiger partial charge in [0.05, 0.1) is 18.6 Å². The van der Waals surface area contributed by atoms with Gasteiger partial charge in [-0.3, -0.25) is 14.1 Å². The van der Waals surface area contributed by atoms with Gasteiger partial charge in [0.25, 0.3) is 10.1 Å². The van der Waals surface area contributed by atoms with Crippen molar-refractivity contribution in [1.82, 2.24) is 5.32 Å².